The van der Waals surface area contributed by atoms with Crippen molar-refractivity contribution in [1.82, 2.24) is 14.8 Å². The Bertz CT molecular complexity index is 681. The monoisotopic (exact) mass is 309 g/mol. The fourth-order valence-corrected chi connectivity index (χ4v) is 1.84. The molecule has 0 spiro atoms. The summed E-state index contributed by atoms with van der Waals surface area (Å²) < 4.78 is 1.52. The molecule has 0 aliphatic rings. The van der Waals surface area contributed by atoms with E-state index >= 15 is 0 Å². The molecule has 21 heavy (non-hydrogen) atoms. The Labute approximate surface area is 124 Å². The maximum absolute atomic E-state index is 12.2. The van der Waals surface area contributed by atoms with Crippen LogP contribution in [0.15, 0.2) is 24.4 Å². The normalized spacial score (nSPS) is 10.7. The van der Waals surface area contributed by atoms with Gasteiger partial charge < -0.3 is 9.88 Å². The summed E-state index contributed by atoms with van der Waals surface area (Å²) in [6.45, 7) is 3.64. The van der Waals surface area contributed by atoms with E-state index in [9.17, 15) is 14.9 Å². The second kappa shape index (κ2) is 5.88. The molecule has 1 N–H and O–H groups in total. The van der Waals surface area contributed by atoms with Gasteiger partial charge in [0.15, 0.2) is 11.0 Å². The molecule has 2 rings (SSSR count). The van der Waals surface area contributed by atoms with Crippen molar-refractivity contribution in [3.05, 3.63) is 45.4 Å². The number of aromatic nitrogens is 3. The summed E-state index contributed by atoms with van der Waals surface area (Å²) >= 11 is 5.60. The van der Waals surface area contributed by atoms with Crippen LogP contribution in [0.3, 0.4) is 0 Å². The quantitative estimate of drug-likeness (QED) is 0.690. The number of carbonyl (C=O) groups is 1. The number of carbonyl (C=O) groups excluding carboxylic acids is 1. The molecule has 0 bridgehead atoms. The number of hydrogen-bond acceptors (Lipinski definition) is 5. The number of amides is 1. The van der Waals surface area contributed by atoms with Crippen molar-refractivity contribution in [3.8, 4) is 0 Å². The number of anilines is 1. The van der Waals surface area contributed by atoms with Gasteiger partial charge >= 0.3 is 0 Å². The summed E-state index contributed by atoms with van der Waals surface area (Å²) in [6.07, 6.45) is 1.33. The number of nitro groups is 1. The van der Waals surface area contributed by atoms with E-state index in [0.29, 0.717) is 0 Å². The van der Waals surface area contributed by atoms with Crippen LogP contribution in [0.5, 0.6) is 0 Å². The van der Waals surface area contributed by atoms with E-state index in [1.165, 1.54) is 29.0 Å². The van der Waals surface area contributed by atoms with Crippen LogP contribution in [-0.4, -0.2) is 25.6 Å². The van der Waals surface area contributed by atoms with Crippen molar-refractivity contribution in [2.24, 2.45) is 0 Å². The van der Waals surface area contributed by atoms with Gasteiger partial charge in [-0.1, -0.05) is 11.6 Å². The fraction of sp³-hybridized carbons (Fsp3) is 0.250. The summed E-state index contributed by atoms with van der Waals surface area (Å²) in [5, 5.41) is 20.9. The van der Waals surface area contributed by atoms with E-state index in [4.69, 9.17) is 11.6 Å². The van der Waals surface area contributed by atoms with Gasteiger partial charge in [0, 0.05) is 12.1 Å². The molecule has 110 valence electrons. The van der Waals surface area contributed by atoms with Gasteiger partial charge in [0.25, 0.3) is 11.6 Å². The molecular weight excluding hydrogens is 298 g/mol. The molecule has 0 saturated carbocycles. The molecule has 0 unspecified atom stereocenters. The van der Waals surface area contributed by atoms with Gasteiger partial charge in [-0.2, -0.15) is 0 Å². The van der Waals surface area contributed by atoms with Crippen LogP contribution in [-0.2, 0) is 0 Å². The van der Waals surface area contributed by atoms with E-state index in [1.807, 2.05) is 13.8 Å². The Hall–Kier alpha value is -2.48. The highest BCUT2D eigenvalue weighted by Crippen LogP contribution is 2.21. The molecule has 9 heteroatoms. The maximum Gasteiger partial charge on any atom is 0.287 e. The van der Waals surface area contributed by atoms with Crippen LogP contribution in [0.4, 0.5) is 11.5 Å². The van der Waals surface area contributed by atoms with E-state index < -0.39 is 10.8 Å². The van der Waals surface area contributed by atoms with Crippen LogP contribution >= 0.6 is 11.6 Å². The van der Waals surface area contributed by atoms with Gasteiger partial charge in [-0.15, -0.1) is 10.2 Å². The highest BCUT2D eigenvalue weighted by Gasteiger charge is 2.21. The van der Waals surface area contributed by atoms with Crippen LogP contribution < -0.4 is 5.32 Å². The zero-order valence-electron chi connectivity index (χ0n) is 11.3. The topological polar surface area (TPSA) is 103 Å². The molecule has 2 heterocycles. The third-order valence-electron chi connectivity index (χ3n) is 2.71. The Morgan fingerprint density at radius 3 is 2.67 bits per heavy atom. The molecule has 0 atom stereocenters. The standard InChI is InChI=1S/C12H12ClN5O3/c1-7(2)17-6-8(18(20)21)5-9(17)12(19)14-11-4-3-10(13)15-16-11/h3-7H,1-2H3,(H,14,16,19). The zero-order chi connectivity index (χ0) is 15.6. The molecule has 0 aliphatic carbocycles. The van der Waals surface area contributed by atoms with Gasteiger partial charge in [0.2, 0.25) is 0 Å². The highest BCUT2D eigenvalue weighted by atomic mass is 35.5. The molecule has 2 aromatic heterocycles. The lowest BCUT2D eigenvalue weighted by molar-refractivity contribution is -0.384. The van der Waals surface area contributed by atoms with Crippen molar-refractivity contribution < 1.29 is 9.72 Å². The number of hydrogen-bond donors (Lipinski definition) is 1. The average Bonchev–Trinajstić information content (AvgIpc) is 2.87. The molecule has 1 amide bonds. The number of halogens is 1. The van der Waals surface area contributed by atoms with Crippen molar-refractivity contribution in [3.63, 3.8) is 0 Å². The highest BCUT2D eigenvalue weighted by molar-refractivity contribution is 6.29. The lowest BCUT2D eigenvalue weighted by Crippen LogP contribution is -2.18. The van der Waals surface area contributed by atoms with Gasteiger partial charge in [-0.3, -0.25) is 14.9 Å². The van der Waals surface area contributed by atoms with Crippen LogP contribution in [0.1, 0.15) is 30.4 Å². The summed E-state index contributed by atoms with van der Waals surface area (Å²) in [7, 11) is 0. The van der Waals surface area contributed by atoms with Crippen molar-refractivity contribution in [1.29, 1.82) is 0 Å². The third kappa shape index (κ3) is 3.34. The maximum atomic E-state index is 12.2. The van der Waals surface area contributed by atoms with Crippen molar-refractivity contribution in [2.45, 2.75) is 19.9 Å². The molecule has 2 aromatic rings. The summed E-state index contributed by atoms with van der Waals surface area (Å²) in [6, 6.07) is 4.09. The van der Waals surface area contributed by atoms with Gasteiger partial charge in [0.05, 0.1) is 11.1 Å². The first-order valence-corrected chi connectivity index (χ1v) is 6.43. The zero-order valence-corrected chi connectivity index (χ0v) is 12.0. The molecule has 0 fully saturated rings. The minimum absolute atomic E-state index is 0.101. The Morgan fingerprint density at radius 2 is 2.14 bits per heavy atom. The molecule has 0 aliphatic heterocycles. The summed E-state index contributed by atoms with van der Waals surface area (Å²) in [5.41, 5.74) is 0.0319. The lowest BCUT2D eigenvalue weighted by atomic mass is 10.3. The molecule has 0 radical (unpaired) electrons. The molecule has 0 aromatic carbocycles. The van der Waals surface area contributed by atoms with Crippen molar-refractivity contribution in [2.75, 3.05) is 5.32 Å². The SMILES string of the molecule is CC(C)n1cc([N+](=O)[O-])cc1C(=O)Nc1ccc(Cl)nn1. The average molecular weight is 310 g/mol. The number of rotatable bonds is 4. The largest absolute Gasteiger partial charge is 0.335 e. The van der Waals surface area contributed by atoms with Gasteiger partial charge in [-0.05, 0) is 26.0 Å². The Balaban J connectivity index is 2.29. The first kappa shape index (κ1) is 14.9. The first-order chi connectivity index (χ1) is 9.88. The fourth-order valence-electron chi connectivity index (χ4n) is 1.74. The van der Waals surface area contributed by atoms with E-state index in [-0.39, 0.29) is 28.4 Å². The lowest BCUT2D eigenvalue weighted by Gasteiger charge is -2.11. The molecule has 0 saturated heterocycles. The number of nitrogens with zero attached hydrogens (tertiary/aromatic N) is 4. The minimum Gasteiger partial charge on any atom is -0.335 e. The van der Waals surface area contributed by atoms with Crippen LogP contribution in [0.2, 0.25) is 5.15 Å². The van der Waals surface area contributed by atoms with Gasteiger partial charge in [0.1, 0.15) is 5.69 Å². The van der Waals surface area contributed by atoms with E-state index in [2.05, 4.69) is 15.5 Å². The Kier molecular flexibility index (Phi) is 4.18. The van der Waals surface area contributed by atoms with Crippen LogP contribution in [0, 0.1) is 10.1 Å². The van der Waals surface area contributed by atoms with Crippen LogP contribution in [0.25, 0.3) is 0 Å². The molecular formula is C12H12ClN5O3. The van der Waals surface area contributed by atoms with Crippen molar-refractivity contribution >= 4 is 29.0 Å². The van der Waals surface area contributed by atoms with E-state index in [0.717, 1.165) is 0 Å². The summed E-state index contributed by atoms with van der Waals surface area (Å²) in [5.74, 6) is -0.294. The predicted octanol–water partition coefficient (Wildman–Crippen LogP) is 2.67. The summed E-state index contributed by atoms with van der Waals surface area (Å²) in [4.78, 5) is 22.5. The first-order valence-electron chi connectivity index (χ1n) is 6.05. The second-order valence-electron chi connectivity index (χ2n) is 4.54. The minimum atomic E-state index is -0.544. The molecule has 8 nitrogen and oxygen atoms in total. The second-order valence-corrected chi connectivity index (χ2v) is 4.92. The Morgan fingerprint density at radius 1 is 1.43 bits per heavy atom. The third-order valence-corrected chi connectivity index (χ3v) is 2.91. The smallest absolute Gasteiger partial charge is 0.287 e. The number of nitrogens with one attached hydrogen (secondary N) is 1. The predicted molar refractivity (Wildman–Crippen MR) is 76.5 cm³/mol. The van der Waals surface area contributed by atoms with E-state index in [1.54, 1.807) is 0 Å². The van der Waals surface area contributed by atoms with Gasteiger partial charge in [-0.25, -0.2) is 0 Å².